The third-order valence-electron chi connectivity index (χ3n) is 5.86. The molecule has 2 aromatic heterocycles. The molecule has 2 N–H and O–H groups in total. The van der Waals surface area contributed by atoms with E-state index in [0.29, 0.717) is 17.9 Å². The molecule has 1 aliphatic heterocycles. The van der Waals surface area contributed by atoms with Gasteiger partial charge in [-0.1, -0.05) is 30.3 Å². The van der Waals surface area contributed by atoms with Crippen molar-refractivity contribution >= 4 is 16.5 Å². The lowest BCUT2D eigenvalue weighted by atomic mass is 9.85. The second-order valence-corrected chi connectivity index (χ2v) is 9.34. The number of fused-ring (bicyclic) bond motifs is 1. The fraction of sp³-hybridized carbons (Fsp3) is 0.240. The molecule has 5 rings (SSSR count). The maximum Gasteiger partial charge on any atom is 0.186 e. The lowest BCUT2D eigenvalue weighted by molar-refractivity contribution is -0.0590. The van der Waals surface area contributed by atoms with Gasteiger partial charge in [-0.3, -0.25) is 0 Å². The highest BCUT2D eigenvalue weighted by atomic mass is 32.1. The van der Waals surface area contributed by atoms with E-state index in [9.17, 15) is 10.4 Å². The van der Waals surface area contributed by atoms with E-state index in [-0.39, 0.29) is 0 Å². The number of benzene rings is 2. The van der Waals surface area contributed by atoms with Gasteiger partial charge in [0.25, 0.3) is 0 Å². The van der Waals surface area contributed by atoms with Gasteiger partial charge in [-0.25, -0.2) is 9.97 Å². The van der Waals surface area contributed by atoms with Crippen molar-refractivity contribution in [2.24, 2.45) is 0 Å². The number of aliphatic hydroxyl groups is 1. The molecular weight excluding hydrogens is 434 g/mol. The largest absolute Gasteiger partial charge is 0.485 e. The Morgan fingerprint density at radius 2 is 2.06 bits per heavy atom. The zero-order valence-electron chi connectivity index (χ0n) is 18.3. The summed E-state index contributed by atoms with van der Waals surface area (Å²) in [7, 11) is 0. The first-order chi connectivity index (χ1) is 16.0. The standard InChI is InChI=1S/C25H23N5O2S/c1-25(2)23(31)22(18-12-16(13-26)8-9-20(18)32-25)30(14-21-27-10-11-28-21)24-29-19(15-33-24)17-6-4-3-5-7-17/h3-12,15,22-23,31H,14H2,1-2H3,(H,27,28)/t22?,23-/m1/s1. The van der Waals surface area contributed by atoms with Gasteiger partial charge in [0.1, 0.15) is 23.3 Å². The van der Waals surface area contributed by atoms with Crippen LogP contribution in [0, 0.1) is 11.3 Å². The highest BCUT2D eigenvalue weighted by Gasteiger charge is 2.46. The third-order valence-corrected chi connectivity index (χ3v) is 6.74. The Morgan fingerprint density at radius 3 is 2.79 bits per heavy atom. The minimum absolute atomic E-state index is 0.406. The lowest BCUT2D eigenvalue weighted by Gasteiger charge is -2.46. The Kier molecular flexibility index (Phi) is 5.36. The minimum Gasteiger partial charge on any atom is -0.485 e. The van der Waals surface area contributed by atoms with Crippen LogP contribution in [0.25, 0.3) is 11.3 Å². The molecule has 0 spiro atoms. The quantitative estimate of drug-likeness (QED) is 0.451. The molecule has 0 fully saturated rings. The first-order valence-electron chi connectivity index (χ1n) is 10.6. The van der Waals surface area contributed by atoms with E-state index in [1.165, 1.54) is 11.3 Å². The molecule has 8 heteroatoms. The average molecular weight is 458 g/mol. The van der Waals surface area contributed by atoms with Crippen molar-refractivity contribution in [2.45, 2.75) is 38.1 Å². The zero-order chi connectivity index (χ0) is 23.0. The van der Waals surface area contributed by atoms with Crippen LogP contribution in [0.2, 0.25) is 0 Å². The van der Waals surface area contributed by atoms with Crippen LogP contribution in [0.4, 0.5) is 5.13 Å². The molecule has 3 heterocycles. The normalized spacial score (nSPS) is 18.7. The molecule has 0 saturated heterocycles. The zero-order valence-corrected chi connectivity index (χ0v) is 19.1. The molecule has 0 aliphatic carbocycles. The fourth-order valence-electron chi connectivity index (χ4n) is 4.14. The van der Waals surface area contributed by atoms with Crippen molar-refractivity contribution < 1.29 is 9.84 Å². The Labute approximate surface area is 196 Å². The number of aromatic amines is 1. The van der Waals surface area contributed by atoms with Gasteiger partial charge in [0.2, 0.25) is 0 Å². The number of nitrogens with one attached hydrogen (secondary N) is 1. The van der Waals surface area contributed by atoms with Crippen molar-refractivity contribution in [1.82, 2.24) is 15.0 Å². The first-order valence-corrected chi connectivity index (χ1v) is 11.5. The van der Waals surface area contributed by atoms with Gasteiger partial charge >= 0.3 is 0 Å². The number of anilines is 1. The van der Waals surface area contributed by atoms with Crippen LogP contribution in [-0.4, -0.2) is 31.8 Å². The minimum atomic E-state index is -0.877. The monoisotopic (exact) mass is 457 g/mol. The van der Waals surface area contributed by atoms with Gasteiger partial charge in [0.15, 0.2) is 5.13 Å². The van der Waals surface area contributed by atoms with Gasteiger partial charge in [-0.2, -0.15) is 5.26 Å². The van der Waals surface area contributed by atoms with E-state index in [1.54, 1.807) is 30.6 Å². The Hall–Kier alpha value is -3.67. The summed E-state index contributed by atoms with van der Waals surface area (Å²) in [5, 5.41) is 23.7. The molecule has 0 saturated carbocycles. The molecule has 4 aromatic rings. The molecule has 1 aliphatic rings. The topological polar surface area (TPSA) is 98.1 Å². The number of nitrogens with zero attached hydrogens (tertiary/aromatic N) is 4. The number of hydrogen-bond donors (Lipinski definition) is 2. The van der Waals surface area contributed by atoms with Crippen LogP contribution < -0.4 is 9.64 Å². The van der Waals surface area contributed by atoms with Gasteiger partial charge in [0, 0.05) is 28.9 Å². The summed E-state index contributed by atoms with van der Waals surface area (Å²) in [5.74, 6) is 1.40. The second-order valence-electron chi connectivity index (χ2n) is 8.50. The molecule has 2 atom stereocenters. The van der Waals surface area contributed by atoms with E-state index < -0.39 is 17.7 Å². The maximum atomic E-state index is 11.5. The summed E-state index contributed by atoms with van der Waals surface area (Å²) in [6.07, 6.45) is 2.60. The number of nitriles is 1. The van der Waals surface area contributed by atoms with Gasteiger partial charge < -0.3 is 19.7 Å². The van der Waals surface area contributed by atoms with Crippen molar-refractivity contribution in [1.29, 1.82) is 5.26 Å². The van der Waals surface area contributed by atoms with Crippen LogP contribution in [0.15, 0.2) is 66.3 Å². The lowest BCUT2D eigenvalue weighted by Crippen LogP contribution is -2.53. The second kappa shape index (κ2) is 8.35. The Balaban J connectivity index is 1.64. The van der Waals surface area contributed by atoms with Crippen molar-refractivity contribution in [3.63, 3.8) is 0 Å². The van der Waals surface area contributed by atoms with Crippen molar-refractivity contribution in [2.75, 3.05) is 4.90 Å². The molecule has 1 unspecified atom stereocenters. The Bertz CT molecular complexity index is 1290. The van der Waals surface area contributed by atoms with Crippen LogP contribution in [0.3, 0.4) is 0 Å². The average Bonchev–Trinajstić information content (AvgIpc) is 3.51. The van der Waals surface area contributed by atoms with E-state index >= 15 is 0 Å². The number of ether oxygens (including phenoxy) is 1. The molecule has 0 amide bonds. The van der Waals surface area contributed by atoms with Crippen molar-refractivity contribution in [3.8, 4) is 23.1 Å². The number of aromatic nitrogens is 3. The van der Waals surface area contributed by atoms with Crippen LogP contribution >= 0.6 is 11.3 Å². The number of H-pyrrole nitrogens is 1. The first kappa shape index (κ1) is 21.2. The molecule has 33 heavy (non-hydrogen) atoms. The number of rotatable bonds is 5. The third kappa shape index (κ3) is 3.97. The summed E-state index contributed by atoms with van der Waals surface area (Å²) in [6.45, 7) is 4.14. The predicted octanol–water partition coefficient (Wildman–Crippen LogP) is 4.68. The molecule has 7 nitrogen and oxygen atoms in total. The summed E-state index contributed by atoms with van der Waals surface area (Å²) in [4.78, 5) is 14.5. The van der Waals surface area contributed by atoms with E-state index in [2.05, 4.69) is 16.0 Å². The number of hydrogen-bond acceptors (Lipinski definition) is 7. The number of imidazole rings is 1. The smallest absolute Gasteiger partial charge is 0.186 e. The van der Waals surface area contributed by atoms with Gasteiger partial charge in [-0.15, -0.1) is 11.3 Å². The highest BCUT2D eigenvalue weighted by molar-refractivity contribution is 7.14. The fourth-order valence-corrected chi connectivity index (χ4v) is 5.01. The maximum absolute atomic E-state index is 11.5. The van der Waals surface area contributed by atoms with E-state index in [0.717, 1.165) is 27.8 Å². The van der Waals surface area contributed by atoms with Crippen LogP contribution in [-0.2, 0) is 6.54 Å². The molecule has 0 radical (unpaired) electrons. The SMILES string of the molecule is CC1(C)Oc2ccc(C#N)cc2C(N(Cc2ncc[nH]2)c2nc(-c3ccccc3)cs2)[C@H]1O. The molecule has 2 aromatic carbocycles. The van der Waals surface area contributed by atoms with Gasteiger partial charge in [-0.05, 0) is 32.0 Å². The molecular formula is C25H23N5O2S. The van der Waals surface area contributed by atoms with Crippen molar-refractivity contribution in [3.05, 3.63) is 83.3 Å². The summed E-state index contributed by atoms with van der Waals surface area (Å²) in [5.41, 5.74) is 2.32. The van der Waals surface area contributed by atoms with E-state index in [4.69, 9.17) is 9.72 Å². The number of aliphatic hydroxyl groups excluding tert-OH is 1. The predicted molar refractivity (Wildman–Crippen MR) is 127 cm³/mol. The summed E-state index contributed by atoms with van der Waals surface area (Å²) >= 11 is 1.51. The van der Waals surface area contributed by atoms with Crippen LogP contribution in [0.5, 0.6) is 5.75 Å². The van der Waals surface area contributed by atoms with Crippen LogP contribution in [0.1, 0.15) is 36.8 Å². The van der Waals surface area contributed by atoms with E-state index in [1.807, 2.05) is 54.5 Å². The summed E-state index contributed by atoms with van der Waals surface area (Å²) < 4.78 is 6.13. The number of thiazole rings is 1. The highest BCUT2D eigenvalue weighted by Crippen LogP contribution is 2.46. The molecule has 166 valence electrons. The van der Waals surface area contributed by atoms with Gasteiger partial charge in [0.05, 0.1) is 29.9 Å². The Morgan fingerprint density at radius 1 is 1.24 bits per heavy atom. The molecule has 0 bridgehead atoms. The summed E-state index contributed by atoms with van der Waals surface area (Å²) in [6, 6.07) is 17.0.